The summed E-state index contributed by atoms with van der Waals surface area (Å²) in [5, 5.41) is 3.19. The molecular weight excluding hydrogens is 394 g/mol. The number of nitrogens with one attached hydrogen (secondary N) is 1. The summed E-state index contributed by atoms with van der Waals surface area (Å²) in [4.78, 5) is 29.2. The van der Waals surface area contributed by atoms with E-state index >= 15 is 0 Å². The Morgan fingerprint density at radius 1 is 1.10 bits per heavy atom. The van der Waals surface area contributed by atoms with Gasteiger partial charge in [0.15, 0.2) is 6.61 Å². The summed E-state index contributed by atoms with van der Waals surface area (Å²) in [7, 11) is 0. The van der Waals surface area contributed by atoms with Gasteiger partial charge in [-0.15, -0.1) is 0 Å². The molecule has 0 bridgehead atoms. The number of anilines is 1. The molecule has 164 valence electrons. The molecule has 7 heteroatoms. The molecule has 0 aromatic heterocycles. The van der Waals surface area contributed by atoms with Crippen LogP contribution in [-0.2, 0) is 14.3 Å². The van der Waals surface area contributed by atoms with Crippen molar-refractivity contribution >= 4 is 17.5 Å². The number of amides is 2. The van der Waals surface area contributed by atoms with E-state index in [0.29, 0.717) is 25.5 Å². The molecule has 2 aliphatic heterocycles. The Labute approximate surface area is 182 Å². The quantitative estimate of drug-likeness (QED) is 0.740. The number of morpholine rings is 1. The molecule has 4 rings (SSSR count). The van der Waals surface area contributed by atoms with Crippen molar-refractivity contribution in [1.82, 2.24) is 10.2 Å². The number of para-hydroxylation sites is 2. The van der Waals surface area contributed by atoms with Gasteiger partial charge in [0.05, 0.1) is 24.9 Å². The number of rotatable bonds is 7. The predicted octanol–water partition coefficient (Wildman–Crippen LogP) is 2.30. The average molecular weight is 424 g/mol. The minimum atomic E-state index is -0.130. The van der Waals surface area contributed by atoms with Crippen molar-refractivity contribution in [3.8, 4) is 5.75 Å². The van der Waals surface area contributed by atoms with Gasteiger partial charge in [-0.25, -0.2) is 0 Å². The molecule has 0 saturated carbocycles. The lowest BCUT2D eigenvalue weighted by Gasteiger charge is -2.32. The smallest absolute Gasteiger partial charge is 0.265 e. The van der Waals surface area contributed by atoms with Gasteiger partial charge in [0.25, 0.3) is 5.91 Å². The third kappa shape index (κ3) is 5.42. The summed E-state index contributed by atoms with van der Waals surface area (Å²) in [6.07, 6.45) is 0.228. The van der Waals surface area contributed by atoms with Crippen LogP contribution >= 0.6 is 0 Å². The van der Waals surface area contributed by atoms with Gasteiger partial charge in [0, 0.05) is 32.6 Å². The number of hydrogen-bond donors (Lipinski definition) is 1. The van der Waals surface area contributed by atoms with Crippen LogP contribution in [-0.4, -0.2) is 62.7 Å². The Balaban J connectivity index is 1.41. The van der Waals surface area contributed by atoms with E-state index < -0.39 is 0 Å². The predicted molar refractivity (Wildman–Crippen MR) is 118 cm³/mol. The highest BCUT2D eigenvalue weighted by atomic mass is 16.5. The van der Waals surface area contributed by atoms with E-state index in [2.05, 4.69) is 41.4 Å². The minimum absolute atomic E-state index is 0.00164. The first-order valence-corrected chi connectivity index (χ1v) is 10.8. The molecule has 0 spiro atoms. The topological polar surface area (TPSA) is 71.1 Å². The van der Waals surface area contributed by atoms with Crippen LogP contribution in [0.3, 0.4) is 0 Å². The summed E-state index contributed by atoms with van der Waals surface area (Å²) in [5.41, 5.74) is 2.98. The first kappa shape index (κ1) is 21.3. The molecule has 1 fully saturated rings. The van der Waals surface area contributed by atoms with Gasteiger partial charge in [0.2, 0.25) is 5.91 Å². The normalized spacial score (nSPS) is 17.6. The highest BCUT2D eigenvalue weighted by Crippen LogP contribution is 2.31. The highest BCUT2D eigenvalue weighted by Gasteiger charge is 2.26. The Bertz CT molecular complexity index is 909. The van der Waals surface area contributed by atoms with Crippen LogP contribution in [0.1, 0.15) is 23.6 Å². The zero-order chi connectivity index (χ0) is 21.6. The van der Waals surface area contributed by atoms with E-state index in [-0.39, 0.29) is 30.9 Å². The molecule has 0 aliphatic carbocycles. The lowest BCUT2D eigenvalue weighted by Crippen LogP contribution is -2.44. The van der Waals surface area contributed by atoms with E-state index in [4.69, 9.17) is 9.47 Å². The zero-order valence-corrected chi connectivity index (χ0v) is 17.9. The van der Waals surface area contributed by atoms with E-state index in [9.17, 15) is 9.59 Å². The van der Waals surface area contributed by atoms with E-state index in [1.54, 1.807) is 4.90 Å². The first-order valence-electron chi connectivity index (χ1n) is 10.8. The number of benzene rings is 2. The fraction of sp³-hybridized carbons (Fsp3) is 0.417. The number of hydrogen-bond acceptors (Lipinski definition) is 5. The van der Waals surface area contributed by atoms with Crippen molar-refractivity contribution in [2.75, 3.05) is 50.9 Å². The third-order valence-electron chi connectivity index (χ3n) is 5.73. The Morgan fingerprint density at radius 3 is 2.61 bits per heavy atom. The van der Waals surface area contributed by atoms with E-state index in [1.165, 1.54) is 5.56 Å². The number of fused-ring (bicyclic) bond motifs is 1. The number of ether oxygens (including phenoxy) is 2. The molecule has 2 heterocycles. The lowest BCUT2D eigenvalue weighted by atomic mass is 10.0. The van der Waals surface area contributed by atoms with Crippen LogP contribution < -0.4 is 15.0 Å². The second-order valence-corrected chi connectivity index (χ2v) is 8.00. The summed E-state index contributed by atoms with van der Waals surface area (Å²) >= 11 is 0. The number of nitrogens with zero attached hydrogens (tertiary/aromatic N) is 2. The fourth-order valence-electron chi connectivity index (χ4n) is 3.95. The maximum absolute atomic E-state index is 12.9. The van der Waals surface area contributed by atoms with Gasteiger partial charge >= 0.3 is 0 Å². The average Bonchev–Trinajstić information content (AvgIpc) is 2.79. The molecule has 2 aromatic rings. The molecular formula is C24H29N3O4. The third-order valence-corrected chi connectivity index (χ3v) is 5.73. The molecule has 2 amide bonds. The molecule has 2 aliphatic rings. The van der Waals surface area contributed by atoms with Crippen LogP contribution in [0.15, 0.2) is 48.5 Å². The summed E-state index contributed by atoms with van der Waals surface area (Å²) in [6.45, 7) is 6.26. The molecule has 2 aromatic carbocycles. The Kier molecular flexibility index (Phi) is 6.84. The van der Waals surface area contributed by atoms with Crippen LogP contribution in [0.2, 0.25) is 0 Å². The molecule has 0 radical (unpaired) electrons. The Hall–Kier alpha value is -2.90. The monoisotopic (exact) mass is 423 g/mol. The molecule has 1 atom stereocenters. The van der Waals surface area contributed by atoms with E-state index in [1.807, 2.05) is 24.3 Å². The minimum Gasteiger partial charge on any atom is -0.482 e. The second kappa shape index (κ2) is 9.94. The van der Waals surface area contributed by atoms with Gasteiger partial charge in [0.1, 0.15) is 5.75 Å². The van der Waals surface area contributed by atoms with Crippen molar-refractivity contribution in [1.29, 1.82) is 0 Å². The van der Waals surface area contributed by atoms with Gasteiger partial charge in [-0.3, -0.25) is 14.5 Å². The van der Waals surface area contributed by atoms with Crippen molar-refractivity contribution in [2.45, 2.75) is 19.4 Å². The first-order chi connectivity index (χ1) is 15.1. The van der Waals surface area contributed by atoms with Crippen molar-refractivity contribution < 1.29 is 19.1 Å². The van der Waals surface area contributed by atoms with Gasteiger partial charge in [-0.1, -0.05) is 42.0 Å². The molecule has 0 unspecified atom stereocenters. The SMILES string of the molecule is Cc1ccc([C@H](CN2CCOCC2)NC(=O)CCN2C(=O)COc3ccccc32)cc1. The van der Waals surface area contributed by atoms with Gasteiger partial charge in [-0.2, -0.15) is 0 Å². The molecule has 31 heavy (non-hydrogen) atoms. The van der Waals surface area contributed by atoms with Gasteiger partial charge < -0.3 is 19.7 Å². The molecule has 7 nitrogen and oxygen atoms in total. The maximum atomic E-state index is 12.9. The van der Waals surface area contributed by atoms with Crippen LogP contribution in [0.4, 0.5) is 5.69 Å². The summed E-state index contributed by atoms with van der Waals surface area (Å²) < 4.78 is 10.9. The number of carbonyl (C=O) groups is 2. The maximum Gasteiger partial charge on any atom is 0.265 e. The molecule has 1 N–H and O–H groups in total. The van der Waals surface area contributed by atoms with Crippen molar-refractivity contribution in [3.63, 3.8) is 0 Å². The lowest BCUT2D eigenvalue weighted by molar-refractivity contribution is -0.122. The highest BCUT2D eigenvalue weighted by molar-refractivity contribution is 5.98. The second-order valence-electron chi connectivity index (χ2n) is 8.00. The summed E-state index contributed by atoms with van der Waals surface area (Å²) in [5.74, 6) is 0.470. The summed E-state index contributed by atoms with van der Waals surface area (Å²) in [6, 6.07) is 15.6. The van der Waals surface area contributed by atoms with Crippen LogP contribution in [0.5, 0.6) is 5.75 Å². The largest absolute Gasteiger partial charge is 0.482 e. The molecule has 1 saturated heterocycles. The van der Waals surface area contributed by atoms with Gasteiger partial charge in [-0.05, 0) is 24.6 Å². The standard InChI is InChI=1S/C24H29N3O4/c1-18-6-8-19(9-7-18)20(16-26-12-14-30-15-13-26)25-23(28)10-11-27-21-4-2-3-5-22(21)31-17-24(27)29/h2-9,20H,10-17H2,1H3,(H,25,28)/t20-/m0/s1. The van der Waals surface area contributed by atoms with Crippen LogP contribution in [0.25, 0.3) is 0 Å². The number of carbonyl (C=O) groups excluding carboxylic acids is 2. The zero-order valence-electron chi connectivity index (χ0n) is 17.9. The van der Waals surface area contributed by atoms with Crippen LogP contribution in [0, 0.1) is 6.92 Å². The van der Waals surface area contributed by atoms with E-state index in [0.717, 1.165) is 30.9 Å². The van der Waals surface area contributed by atoms with Crippen molar-refractivity contribution in [3.05, 3.63) is 59.7 Å². The van der Waals surface area contributed by atoms with Crippen molar-refractivity contribution in [2.24, 2.45) is 0 Å². The Morgan fingerprint density at radius 2 is 1.84 bits per heavy atom. The number of aryl methyl sites for hydroxylation is 1. The fourth-order valence-corrected chi connectivity index (χ4v) is 3.95.